The van der Waals surface area contributed by atoms with E-state index < -0.39 is 28.4 Å². The molecule has 1 aromatic rings. The molecule has 0 aromatic heterocycles. The number of halogens is 1. The third-order valence-electron chi connectivity index (χ3n) is 2.12. The van der Waals surface area contributed by atoms with E-state index in [1.165, 1.54) is 6.07 Å². The fourth-order valence-electron chi connectivity index (χ4n) is 1.38. The zero-order valence-corrected chi connectivity index (χ0v) is 11.4. The zero-order chi connectivity index (χ0) is 14.8. The van der Waals surface area contributed by atoms with Crippen LogP contribution in [0.1, 0.15) is 10.4 Å². The third-order valence-corrected chi connectivity index (χ3v) is 3.48. The first-order valence-corrected chi connectivity index (χ1v) is 7.14. The summed E-state index contributed by atoms with van der Waals surface area (Å²) in [5.74, 6) is -2.14. The number of amides is 1. The summed E-state index contributed by atoms with van der Waals surface area (Å²) in [5.41, 5.74) is 4.74. The Hall–Kier alpha value is -1.80. The van der Waals surface area contributed by atoms with Crippen molar-refractivity contribution in [2.24, 2.45) is 5.73 Å². The summed E-state index contributed by atoms with van der Waals surface area (Å²) in [4.78, 5) is 21.8. The number of sulfonamides is 1. The highest BCUT2D eigenvalue weighted by molar-refractivity contribution is 7.92. The molecule has 0 aliphatic carbocycles. The minimum absolute atomic E-state index is 0.0352. The zero-order valence-electron chi connectivity index (χ0n) is 9.83. The molecule has 0 saturated heterocycles. The molecule has 0 heterocycles. The highest BCUT2D eigenvalue weighted by Crippen LogP contribution is 2.24. The number of carbonyl (C=O) groups excluding carboxylic acids is 1. The minimum atomic E-state index is -3.79. The second kappa shape index (κ2) is 5.45. The molecular formula is C10H11ClN2O5S. The molecule has 0 radical (unpaired) electrons. The molecule has 19 heavy (non-hydrogen) atoms. The molecule has 0 unspecified atom stereocenters. The first-order chi connectivity index (χ1) is 8.61. The lowest BCUT2D eigenvalue weighted by atomic mass is 10.2. The van der Waals surface area contributed by atoms with Gasteiger partial charge in [-0.3, -0.25) is 9.10 Å². The van der Waals surface area contributed by atoms with Crippen molar-refractivity contribution in [1.29, 1.82) is 0 Å². The molecule has 1 amide bonds. The summed E-state index contributed by atoms with van der Waals surface area (Å²) in [5, 5.41) is 8.92. The van der Waals surface area contributed by atoms with E-state index in [2.05, 4.69) is 0 Å². The maximum atomic E-state index is 11.6. The van der Waals surface area contributed by atoms with Gasteiger partial charge in [0.05, 0.1) is 17.5 Å². The highest BCUT2D eigenvalue weighted by atomic mass is 35.5. The number of carboxylic acid groups (broad SMARTS) is 1. The Morgan fingerprint density at radius 2 is 1.95 bits per heavy atom. The number of nitrogens with zero attached hydrogens (tertiary/aromatic N) is 1. The molecule has 0 spiro atoms. The van der Waals surface area contributed by atoms with Gasteiger partial charge in [0.25, 0.3) is 0 Å². The maximum Gasteiger partial charge on any atom is 0.335 e. The number of carboxylic acids is 1. The van der Waals surface area contributed by atoms with Crippen LogP contribution in [0.15, 0.2) is 18.2 Å². The Balaban J connectivity index is 3.38. The molecule has 1 aromatic carbocycles. The monoisotopic (exact) mass is 306 g/mol. The maximum absolute atomic E-state index is 11.6. The lowest BCUT2D eigenvalue weighted by Crippen LogP contribution is -2.38. The summed E-state index contributed by atoms with van der Waals surface area (Å²) in [6.07, 6.45) is 0.872. The molecule has 0 bridgehead atoms. The van der Waals surface area contributed by atoms with E-state index in [0.29, 0.717) is 4.31 Å². The number of aromatic carboxylic acids is 1. The number of hydrogen-bond acceptors (Lipinski definition) is 4. The molecule has 9 heteroatoms. The van der Waals surface area contributed by atoms with Crippen molar-refractivity contribution in [2.75, 3.05) is 17.1 Å². The quantitative estimate of drug-likeness (QED) is 0.810. The van der Waals surface area contributed by atoms with Crippen LogP contribution in [0.25, 0.3) is 0 Å². The van der Waals surface area contributed by atoms with Crippen molar-refractivity contribution in [1.82, 2.24) is 0 Å². The van der Waals surface area contributed by atoms with Gasteiger partial charge in [-0.15, -0.1) is 0 Å². The fraction of sp³-hybridized carbons (Fsp3) is 0.200. The van der Waals surface area contributed by atoms with Crippen molar-refractivity contribution >= 4 is 39.2 Å². The Morgan fingerprint density at radius 3 is 2.37 bits per heavy atom. The number of carbonyl (C=O) groups is 2. The Morgan fingerprint density at radius 1 is 1.37 bits per heavy atom. The number of hydrogen-bond donors (Lipinski definition) is 2. The minimum Gasteiger partial charge on any atom is -0.478 e. The van der Waals surface area contributed by atoms with Crippen LogP contribution in [0, 0.1) is 0 Å². The topological polar surface area (TPSA) is 118 Å². The summed E-state index contributed by atoms with van der Waals surface area (Å²) < 4.78 is 23.9. The van der Waals surface area contributed by atoms with Gasteiger partial charge in [-0.05, 0) is 18.2 Å². The molecule has 0 atom stereocenters. The van der Waals surface area contributed by atoms with Gasteiger partial charge in [0.1, 0.15) is 6.54 Å². The van der Waals surface area contributed by atoms with E-state index >= 15 is 0 Å². The molecule has 7 nitrogen and oxygen atoms in total. The van der Waals surface area contributed by atoms with Crippen molar-refractivity contribution in [3.63, 3.8) is 0 Å². The van der Waals surface area contributed by atoms with Crippen LogP contribution in [0.2, 0.25) is 5.02 Å². The summed E-state index contributed by atoms with van der Waals surface area (Å²) in [6.45, 7) is -0.599. The van der Waals surface area contributed by atoms with E-state index in [0.717, 1.165) is 18.4 Å². The van der Waals surface area contributed by atoms with Crippen molar-refractivity contribution in [2.45, 2.75) is 0 Å². The van der Waals surface area contributed by atoms with E-state index in [-0.39, 0.29) is 16.3 Å². The van der Waals surface area contributed by atoms with E-state index in [1.54, 1.807) is 0 Å². The van der Waals surface area contributed by atoms with Crippen molar-refractivity contribution in [3.8, 4) is 0 Å². The van der Waals surface area contributed by atoms with Gasteiger partial charge in [-0.2, -0.15) is 0 Å². The molecule has 104 valence electrons. The molecule has 0 fully saturated rings. The molecule has 3 N–H and O–H groups in total. The summed E-state index contributed by atoms with van der Waals surface area (Å²) >= 11 is 5.72. The Labute approximate surface area is 114 Å². The molecular weight excluding hydrogens is 296 g/mol. The Kier molecular flexibility index (Phi) is 4.38. The van der Waals surface area contributed by atoms with Crippen LogP contribution in [0.5, 0.6) is 0 Å². The second-order valence-electron chi connectivity index (χ2n) is 3.74. The van der Waals surface area contributed by atoms with E-state index in [1.807, 2.05) is 0 Å². The van der Waals surface area contributed by atoms with Crippen molar-refractivity contribution in [3.05, 3.63) is 28.8 Å². The van der Waals surface area contributed by atoms with Crippen LogP contribution in [0.4, 0.5) is 5.69 Å². The van der Waals surface area contributed by atoms with Gasteiger partial charge in [0.15, 0.2) is 0 Å². The first-order valence-electron chi connectivity index (χ1n) is 4.91. The van der Waals surface area contributed by atoms with Gasteiger partial charge >= 0.3 is 5.97 Å². The normalized spacial score (nSPS) is 11.1. The van der Waals surface area contributed by atoms with E-state index in [4.69, 9.17) is 22.4 Å². The van der Waals surface area contributed by atoms with E-state index in [9.17, 15) is 18.0 Å². The predicted octanol–water partition coefficient (Wildman–Crippen LogP) is 0.290. The number of anilines is 1. The van der Waals surface area contributed by atoms with Gasteiger partial charge < -0.3 is 10.8 Å². The SMILES string of the molecule is CS(=O)(=O)N(CC(N)=O)c1cc(Cl)cc(C(=O)O)c1. The lowest BCUT2D eigenvalue weighted by Gasteiger charge is -2.21. The number of primary amides is 1. The number of benzene rings is 1. The molecule has 0 aliphatic rings. The Bertz CT molecular complexity index is 629. The second-order valence-corrected chi connectivity index (χ2v) is 6.08. The van der Waals surface area contributed by atoms with Gasteiger partial charge in [0.2, 0.25) is 15.9 Å². The lowest BCUT2D eigenvalue weighted by molar-refractivity contribution is -0.116. The van der Waals surface area contributed by atoms with Gasteiger partial charge in [-0.1, -0.05) is 11.6 Å². The van der Waals surface area contributed by atoms with Crippen molar-refractivity contribution < 1.29 is 23.1 Å². The predicted molar refractivity (Wildman–Crippen MR) is 69.8 cm³/mol. The molecule has 0 saturated carbocycles. The fourth-order valence-corrected chi connectivity index (χ4v) is 2.46. The average Bonchev–Trinajstić information content (AvgIpc) is 2.23. The summed E-state index contributed by atoms with van der Waals surface area (Å²) in [6, 6.07) is 3.49. The van der Waals surface area contributed by atoms with Crippen LogP contribution < -0.4 is 10.0 Å². The van der Waals surface area contributed by atoms with Crippen LogP contribution >= 0.6 is 11.6 Å². The van der Waals surface area contributed by atoms with Gasteiger partial charge in [-0.25, -0.2) is 13.2 Å². The standard InChI is InChI=1S/C10H11ClN2O5S/c1-19(17,18)13(5-9(12)14)8-3-6(10(15)16)2-7(11)4-8/h2-4H,5H2,1H3,(H2,12,14)(H,15,16). The third kappa shape index (κ3) is 4.11. The number of nitrogens with two attached hydrogens (primary N) is 1. The molecule has 1 rings (SSSR count). The van der Waals surface area contributed by atoms with Crippen LogP contribution in [-0.4, -0.2) is 38.2 Å². The summed E-state index contributed by atoms with van der Waals surface area (Å²) in [7, 11) is -3.79. The highest BCUT2D eigenvalue weighted by Gasteiger charge is 2.21. The smallest absolute Gasteiger partial charge is 0.335 e. The largest absolute Gasteiger partial charge is 0.478 e. The van der Waals surface area contributed by atoms with Crippen LogP contribution in [-0.2, 0) is 14.8 Å². The average molecular weight is 307 g/mol. The molecule has 0 aliphatic heterocycles. The van der Waals surface area contributed by atoms with Gasteiger partial charge in [0, 0.05) is 5.02 Å². The van der Waals surface area contributed by atoms with Crippen LogP contribution in [0.3, 0.4) is 0 Å². The first kappa shape index (κ1) is 15.3. The number of rotatable bonds is 5.